The molecular formula is C51H67ClFN9O3. The molecule has 65 heavy (non-hydrogen) atoms. The summed E-state index contributed by atoms with van der Waals surface area (Å²) < 4.78 is 22.5. The van der Waals surface area contributed by atoms with Gasteiger partial charge in [0.1, 0.15) is 17.5 Å². The van der Waals surface area contributed by atoms with E-state index in [4.69, 9.17) is 21.3 Å². The van der Waals surface area contributed by atoms with Gasteiger partial charge in [-0.25, -0.2) is 9.37 Å². The second kappa shape index (κ2) is 23.4. The molecule has 3 aromatic carbocycles. The number of likely N-dealkylation sites (N-methyl/N-ethyl adjacent to an activating group) is 1. The van der Waals surface area contributed by atoms with Crippen LogP contribution in [0.15, 0.2) is 73.1 Å². The number of hydrogen-bond donors (Lipinski definition) is 2. The highest BCUT2D eigenvalue weighted by molar-refractivity contribution is 6.30. The molecule has 1 aliphatic carbocycles. The van der Waals surface area contributed by atoms with E-state index < -0.39 is 11.9 Å². The Balaban J connectivity index is 0.835. The van der Waals surface area contributed by atoms with Crippen LogP contribution in [0.5, 0.6) is 0 Å². The predicted octanol–water partition coefficient (Wildman–Crippen LogP) is 9.63. The first-order valence-corrected chi connectivity index (χ1v) is 24.0. The fourth-order valence-corrected chi connectivity index (χ4v) is 9.61. The molecule has 2 aliphatic rings. The molecule has 1 atom stereocenters. The van der Waals surface area contributed by atoms with Gasteiger partial charge in [-0.05, 0) is 98.5 Å². The van der Waals surface area contributed by atoms with Crippen molar-refractivity contribution >= 4 is 58.0 Å². The Labute approximate surface area is 389 Å². The van der Waals surface area contributed by atoms with Crippen LogP contribution in [0.1, 0.15) is 88.3 Å². The third kappa shape index (κ3) is 12.6. The lowest BCUT2D eigenvalue weighted by Gasteiger charge is -2.34. The molecule has 14 heteroatoms. The van der Waals surface area contributed by atoms with Crippen LogP contribution in [-0.4, -0.2) is 110 Å². The Morgan fingerprint density at radius 3 is 2.38 bits per heavy atom. The van der Waals surface area contributed by atoms with Gasteiger partial charge in [-0.3, -0.25) is 14.5 Å². The minimum Gasteiger partial charge on any atom is -0.381 e. The number of amides is 2. The third-order valence-corrected chi connectivity index (χ3v) is 13.1. The van der Waals surface area contributed by atoms with Crippen molar-refractivity contribution < 1.29 is 18.7 Å². The van der Waals surface area contributed by atoms with Crippen LogP contribution in [0.25, 0.3) is 22.2 Å². The van der Waals surface area contributed by atoms with Crippen LogP contribution >= 0.6 is 11.6 Å². The number of halogens is 2. The van der Waals surface area contributed by atoms with E-state index in [0.29, 0.717) is 35.7 Å². The molecule has 3 heterocycles. The average Bonchev–Trinajstić information content (AvgIpc) is 3.69. The average molecular weight is 909 g/mol. The van der Waals surface area contributed by atoms with Crippen molar-refractivity contribution in [3.8, 4) is 11.1 Å². The van der Waals surface area contributed by atoms with Crippen LogP contribution < -0.4 is 20.4 Å². The van der Waals surface area contributed by atoms with Gasteiger partial charge < -0.3 is 34.6 Å². The SMILES string of the molecule is CCCC(C(=O)NC)N(C=O)c1ccc(CCCOCCCCN2CCN(Cc3ccc(-c4cn(C5CCCCC5)c5nc(Nc6cc(F)cc(Cl)c6)ncc45)cc3)CC2)cc1N(C)C. The van der Waals surface area contributed by atoms with E-state index in [9.17, 15) is 14.0 Å². The molecule has 1 aliphatic heterocycles. The van der Waals surface area contributed by atoms with Crippen molar-refractivity contribution in [3.05, 3.63) is 95.0 Å². The molecule has 0 spiro atoms. The standard InChI is InChI=1S/C51H67ClFN9O3/c1-5-12-47(50(64)54-2)62(36-63)46-21-18-37(29-48(46)58(3)4)13-11-28-65-27-10-9-22-59-23-25-60(26-24-59)34-38-16-19-39(20-17-38)45-35-61(43-14-7-6-8-15-43)49-44(45)33-55-51(57-49)56-42-31-40(52)30-41(53)32-42/h16-21,29-33,35-36,43,47H,5-15,22-28,34H2,1-4H3,(H,54,64)(H,55,56,57). The van der Waals surface area contributed by atoms with Gasteiger partial charge >= 0.3 is 0 Å². The van der Waals surface area contributed by atoms with Crippen molar-refractivity contribution in [2.24, 2.45) is 0 Å². The monoisotopic (exact) mass is 908 g/mol. The Bertz CT molecular complexity index is 2310. The van der Waals surface area contributed by atoms with Crippen LogP contribution in [-0.2, 0) is 27.3 Å². The van der Waals surface area contributed by atoms with E-state index in [1.165, 1.54) is 42.5 Å². The van der Waals surface area contributed by atoms with E-state index in [1.807, 2.05) is 38.2 Å². The predicted molar refractivity (Wildman–Crippen MR) is 262 cm³/mol. The van der Waals surface area contributed by atoms with Gasteiger partial charge in [0.25, 0.3) is 0 Å². The van der Waals surface area contributed by atoms with Crippen molar-refractivity contribution in [2.45, 2.75) is 96.2 Å². The van der Waals surface area contributed by atoms with Crippen LogP contribution in [0.4, 0.5) is 27.4 Å². The number of unbranched alkanes of at least 4 members (excludes halogenated alkanes) is 1. The second-order valence-electron chi connectivity index (χ2n) is 17.8. The summed E-state index contributed by atoms with van der Waals surface area (Å²) >= 11 is 6.12. The summed E-state index contributed by atoms with van der Waals surface area (Å²) in [4.78, 5) is 43.2. The molecule has 1 saturated carbocycles. The molecular weight excluding hydrogens is 841 g/mol. The number of fused-ring (bicyclic) bond motifs is 1. The fraction of sp³-hybridized carbons (Fsp3) is 0.490. The molecule has 0 bridgehead atoms. The number of aryl methyl sites for hydroxylation is 1. The van der Waals surface area contributed by atoms with Crippen LogP contribution in [0.2, 0.25) is 5.02 Å². The zero-order valence-electron chi connectivity index (χ0n) is 38.7. The molecule has 348 valence electrons. The summed E-state index contributed by atoms with van der Waals surface area (Å²) in [5.74, 6) is -0.154. The molecule has 5 aromatic rings. The van der Waals surface area contributed by atoms with Gasteiger partial charge in [-0.1, -0.05) is 74.5 Å². The summed E-state index contributed by atoms with van der Waals surface area (Å²) in [6.45, 7) is 9.78. The highest BCUT2D eigenvalue weighted by atomic mass is 35.5. The number of anilines is 4. The summed E-state index contributed by atoms with van der Waals surface area (Å²) in [6, 6.07) is 19.3. The number of nitrogens with zero attached hydrogens (tertiary/aromatic N) is 7. The number of ether oxygens (including phenoxy) is 1. The van der Waals surface area contributed by atoms with E-state index in [-0.39, 0.29) is 5.91 Å². The molecule has 2 N–H and O–H groups in total. The summed E-state index contributed by atoms with van der Waals surface area (Å²) in [5, 5.41) is 7.20. The number of carbonyl (C=O) groups excluding carboxylic acids is 2. The first-order chi connectivity index (χ1) is 31.6. The minimum atomic E-state index is -0.547. The first-order valence-electron chi connectivity index (χ1n) is 23.6. The van der Waals surface area contributed by atoms with Gasteiger partial charge in [-0.2, -0.15) is 4.98 Å². The maximum Gasteiger partial charge on any atom is 0.242 e. The Hall–Kier alpha value is -5.08. The first kappa shape index (κ1) is 47.9. The Morgan fingerprint density at radius 2 is 1.68 bits per heavy atom. The van der Waals surface area contributed by atoms with Crippen molar-refractivity contribution in [2.75, 3.05) is 82.2 Å². The zero-order valence-corrected chi connectivity index (χ0v) is 39.5. The lowest BCUT2D eigenvalue weighted by Crippen LogP contribution is -2.46. The van der Waals surface area contributed by atoms with E-state index in [0.717, 1.165) is 131 Å². The Morgan fingerprint density at radius 1 is 0.938 bits per heavy atom. The lowest BCUT2D eigenvalue weighted by molar-refractivity contribution is -0.123. The molecule has 1 saturated heterocycles. The molecule has 2 aromatic heterocycles. The number of nitrogens with one attached hydrogen (secondary N) is 2. The van der Waals surface area contributed by atoms with Gasteiger partial charge in [0.15, 0.2) is 0 Å². The molecule has 2 fully saturated rings. The molecule has 1 unspecified atom stereocenters. The van der Waals surface area contributed by atoms with Gasteiger partial charge in [0, 0.05) is 107 Å². The molecule has 7 rings (SSSR count). The van der Waals surface area contributed by atoms with Gasteiger partial charge in [-0.15, -0.1) is 0 Å². The summed E-state index contributed by atoms with van der Waals surface area (Å²) in [7, 11) is 5.54. The number of benzene rings is 3. The van der Waals surface area contributed by atoms with Crippen LogP contribution in [0, 0.1) is 5.82 Å². The molecule has 0 radical (unpaired) electrons. The third-order valence-electron chi connectivity index (χ3n) is 12.9. The molecule has 2 amide bonds. The second-order valence-corrected chi connectivity index (χ2v) is 18.3. The van der Waals surface area contributed by atoms with Crippen molar-refractivity contribution in [1.29, 1.82) is 0 Å². The van der Waals surface area contributed by atoms with Gasteiger partial charge in [0.05, 0.1) is 11.4 Å². The Kier molecular flexibility index (Phi) is 17.2. The largest absolute Gasteiger partial charge is 0.381 e. The quantitative estimate of drug-likeness (QED) is 0.0518. The highest BCUT2D eigenvalue weighted by Crippen LogP contribution is 2.37. The van der Waals surface area contributed by atoms with E-state index in [2.05, 4.69) is 72.6 Å². The number of hydrogen-bond acceptors (Lipinski definition) is 9. The maximum absolute atomic E-state index is 14.1. The summed E-state index contributed by atoms with van der Waals surface area (Å²) in [6.07, 6.45) is 16.2. The number of aromatic nitrogens is 3. The number of piperazine rings is 1. The topological polar surface area (TPSA) is 111 Å². The van der Waals surface area contributed by atoms with Crippen molar-refractivity contribution in [3.63, 3.8) is 0 Å². The van der Waals surface area contributed by atoms with E-state index in [1.54, 1.807) is 18.0 Å². The fourth-order valence-electron chi connectivity index (χ4n) is 9.39. The smallest absolute Gasteiger partial charge is 0.242 e. The lowest BCUT2D eigenvalue weighted by atomic mass is 9.95. The minimum absolute atomic E-state index is 0.159. The number of rotatable bonds is 22. The van der Waals surface area contributed by atoms with Crippen LogP contribution in [0.3, 0.4) is 0 Å². The zero-order chi connectivity index (χ0) is 45.7. The van der Waals surface area contributed by atoms with E-state index >= 15 is 0 Å². The molecule has 12 nitrogen and oxygen atoms in total. The summed E-state index contributed by atoms with van der Waals surface area (Å²) in [5.41, 5.74) is 7.83. The normalized spacial score (nSPS) is 15.5. The van der Waals surface area contributed by atoms with Gasteiger partial charge in [0.2, 0.25) is 18.3 Å². The van der Waals surface area contributed by atoms with Crippen molar-refractivity contribution in [1.82, 2.24) is 29.7 Å². The highest BCUT2D eigenvalue weighted by Gasteiger charge is 2.27. The number of carbonyl (C=O) groups is 2. The maximum atomic E-state index is 14.1.